The number of aromatic nitrogens is 1. The van der Waals surface area contributed by atoms with E-state index >= 15 is 0 Å². The van der Waals surface area contributed by atoms with Crippen LogP contribution in [0.2, 0.25) is 0 Å². The average molecular weight is 313 g/mol. The van der Waals surface area contributed by atoms with Crippen LogP contribution in [-0.4, -0.2) is 10.2 Å². The Balaban J connectivity index is 0.00000180. The van der Waals surface area contributed by atoms with Crippen LogP contribution in [0, 0.1) is 0 Å². The third-order valence-electron chi connectivity index (χ3n) is 2.49. The van der Waals surface area contributed by atoms with Crippen LogP contribution in [-0.2, 0) is 7.05 Å². The van der Waals surface area contributed by atoms with Crippen LogP contribution in [0.4, 0.5) is 5.69 Å². The summed E-state index contributed by atoms with van der Waals surface area (Å²) in [5, 5.41) is 7.37. The number of anilines is 1. The Bertz CT molecular complexity index is 630. The van der Waals surface area contributed by atoms with Crippen molar-refractivity contribution in [2.45, 2.75) is 0 Å². The first-order valence-corrected chi connectivity index (χ1v) is 6.14. The quantitative estimate of drug-likeness (QED) is 0.428. The lowest BCUT2D eigenvalue weighted by molar-refractivity contribution is -0.644. The van der Waals surface area contributed by atoms with E-state index in [1.807, 2.05) is 43.6 Å². The van der Waals surface area contributed by atoms with Crippen LogP contribution in [0.3, 0.4) is 0 Å². The first-order chi connectivity index (χ1) is 8.56. The molecular formula is C12H13ClN4S2. The molecule has 0 radical (unpaired) electrons. The first kappa shape index (κ1) is 15.6. The Morgan fingerprint density at radius 2 is 2.00 bits per heavy atom. The van der Waals surface area contributed by atoms with E-state index in [0.717, 1.165) is 16.6 Å². The molecule has 0 saturated carbocycles. The molecule has 2 rings (SSSR count). The van der Waals surface area contributed by atoms with Gasteiger partial charge in [-0.2, -0.15) is 0 Å². The Kier molecular flexibility index (Phi) is 5.41. The van der Waals surface area contributed by atoms with Gasteiger partial charge in [0.15, 0.2) is 16.4 Å². The van der Waals surface area contributed by atoms with Crippen molar-refractivity contribution in [3.05, 3.63) is 36.5 Å². The summed E-state index contributed by atoms with van der Waals surface area (Å²) >= 11 is 9.78. The molecule has 0 atom stereocenters. The molecule has 0 aliphatic heterocycles. The molecule has 0 bridgehead atoms. The number of nitrogens with one attached hydrogen (secondary N) is 2. The molecule has 4 nitrogen and oxygen atoms in total. The smallest absolute Gasteiger partial charge is 0.212 e. The molecule has 0 fully saturated rings. The number of aryl methyl sites for hydroxylation is 1. The highest BCUT2D eigenvalue weighted by Crippen LogP contribution is 2.15. The summed E-state index contributed by atoms with van der Waals surface area (Å²) in [6.45, 7) is 0. The van der Waals surface area contributed by atoms with Gasteiger partial charge < -0.3 is 28.8 Å². The molecule has 100 valence electrons. The summed E-state index contributed by atoms with van der Waals surface area (Å²) in [5.41, 5.74) is 7.39. The third-order valence-corrected chi connectivity index (χ3v) is 2.79. The van der Waals surface area contributed by atoms with E-state index in [9.17, 15) is 0 Å². The zero-order chi connectivity index (χ0) is 13.1. The van der Waals surface area contributed by atoms with E-state index in [-0.39, 0.29) is 17.5 Å². The van der Waals surface area contributed by atoms with Crippen molar-refractivity contribution in [3.8, 4) is 0 Å². The summed E-state index contributed by atoms with van der Waals surface area (Å²) < 4.78 is 2.06. The summed E-state index contributed by atoms with van der Waals surface area (Å²) in [7, 11) is 2.01. The van der Waals surface area contributed by atoms with Gasteiger partial charge in [0, 0.05) is 23.2 Å². The number of hydrogen-bond donors (Lipinski definition) is 3. The summed E-state index contributed by atoms with van der Waals surface area (Å²) in [5.74, 6) is 0. The molecule has 0 unspecified atom stereocenters. The van der Waals surface area contributed by atoms with Crippen LogP contribution < -0.4 is 33.3 Å². The standard InChI is InChI=1S/C12H12N4S2.ClH/c1-16-6-2-3-8-7-9(4-5-10(8)16)14-12(18)15-11(13)17;/h2-7H,1H3,(H3-,13,14,15,17,18);1H. The number of nitrogens with two attached hydrogens (primary N) is 1. The largest absolute Gasteiger partial charge is 1.00 e. The van der Waals surface area contributed by atoms with Gasteiger partial charge in [-0.15, -0.1) is 0 Å². The fraction of sp³-hybridized carbons (Fsp3) is 0.0833. The molecular weight excluding hydrogens is 300 g/mol. The maximum absolute atomic E-state index is 5.35. The van der Waals surface area contributed by atoms with Gasteiger partial charge in [-0.1, -0.05) is 0 Å². The second-order valence-electron chi connectivity index (χ2n) is 3.84. The fourth-order valence-corrected chi connectivity index (χ4v) is 2.11. The number of hydrogen-bond acceptors (Lipinski definition) is 2. The predicted octanol–water partition coefficient (Wildman–Crippen LogP) is -1.80. The molecule has 0 aliphatic rings. The molecule has 0 spiro atoms. The minimum atomic E-state index is 0. The number of thiocarbonyl (C=S) groups is 2. The van der Waals surface area contributed by atoms with Crippen molar-refractivity contribution in [1.29, 1.82) is 0 Å². The first-order valence-electron chi connectivity index (χ1n) is 5.32. The minimum absolute atomic E-state index is 0. The minimum Gasteiger partial charge on any atom is -1.00 e. The topological polar surface area (TPSA) is 54.0 Å². The van der Waals surface area contributed by atoms with Crippen LogP contribution in [0.5, 0.6) is 0 Å². The zero-order valence-electron chi connectivity index (χ0n) is 10.2. The van der Waals surface area contributed by atoms with Crippen LogP contribution in [0.25, 0.3) is 10.9 Å². The highest BCUT2D eigenvalue weighted by atomic mass is 35.5. The Morgan fingerprint density at radius 1 is 1.26 bits per heavy atom. The number of rotatable bonds is 1. The van der Waals surface area contributed by atoms with Crippen molar-refractivity contribution in [2.75, 3.05) is 5.32 Å². The van der Waals surface area contributed by atoms with Gasteiger partial charge in [0.2, 0.25) is 5.52 Å². The lowest BCUT2D eigenvalue weighted by Gasteiger charge is -2.09. The molecule has 0 saturated heterocycles. The molecule has 1 heterocycles. The molecule has 0 aliphatic carbocycles. The number of fused-ring (bicyclic) bond motifs is 1. The summed E-state index contributed by atoms with van der Waals surface area (Å²) in [6, 6.07) is 10.0. The number of halogens is 1. The van der Waals surface area contributed by atoms with E-state index in [1.54, 1.807) is 0 Å². The van der Waals surface area contributed by atoms with Gasteiger partial charge >= 0.3 is 0 Å². The molecule has 2 aromatic rings. The number of benzene rings is 1. The highest BCUT2D eigenvalue weighted by molar-refractivity contribution is 7.82. The maximum Gasteiger partial charge on any atom is 0.212 e. The van der Waals surface area contributed by atoms with Gasteiger partial charge in [-0.25, -0.2) is 4.57 Å². The SMILES string of the molecule is C[n+]1cccc2cc(NC(=S)NC(N)=S)ccc21.[Cl-]. The number of pyridine rings is 1. The summed E-state index contributed by atoms with van der Waals surface area (Å²) in [6.07, 6.45) is 2.01. The zero-order valence-corrected chi connectivity index (χ0v) is 12.6. The molecule has 0 amide bonds. The average Bonchev–Trinajstić information content (AvgIpc) is 2.27. The normalized spacial score (nSPS) is 9.53. The molecule has 7 heteroatoms. The molecule has 19 heavy (non-hydrogen) atoms. The van der Waals surface area contributed by atoms with Crippen LogP contribution in [0.15, 0.2) is 36.5 Å². The Hall–Kier alpha value is -1.50. The van der Waals surface area contributed by atoms with E-state index in [4.69, 9.17) is 30.2 Å². The van der Waals surface area contributed by atoms with Crippen molar-refractivity contribution < 1.29 is 17.0 Å². The van der Waals surface area contributed by atoms with Gasteiger partial charge in [0.25, 0.3) is 0 Å². The highest BCUT2D eigenvalue weighted by Gasteiger charge is 2.05. The fourth-order valence-electron chi connectivity index (χ4n) is 1.72. The summed E-state index contributed by atoms with van der Waals surface area (Å²) in [4.78, 5) is 0. The number of nitrogens with zero attached hydrogens (tertiary/aromatic N) is 1. The second kappa shape index (κ2) is 6.60. The predicted molar refractivity (Wildman–Crippen MR) is 81.3 cm³/mol. The van der Waals surface area contributed by atoms with Crippen molar-refractivity contribution in [1.82, 2.24) is 5.32 Å². The Morgan fingerprint density at radius 3 is 2.68 bits per heavy atom. The van der Waals surface area contributed by atoms with E-state index in [2.05, 4.69) is 15.2 Å². The van der Waals surface area contributed by atoms with E-state index in [0.29, 0.717) is 5.11 Å². The second-order valence-corrected chi connectivity index (χ2v) is 4.68. The van der Waals surface area contributed by atoms with Gasteiger partial charge in [-0.3, -0.25) is 0 Å². The maximum atomic E-state index is 5.35. The molecule has 1 aromatic carbocycles. The van der Waals surface area contributed by atoms with Crippen molar-refractivity contribution in [2.24, 2.45) is 12.8 Å². The lowest BCUT2D eigenvalue weighted by atomic mass is 10.2. The van der Waals surface area contributed by atoms with E-state index < -0.39 is 0 Å². The van der Waals surface area contributed by atoms with Crippen LogP contribution >= 0.6 is 24.4 Å². The van der Waals surface area contributed by atoms with Crippen molar-refractivity contribution in [3.63, 3.8) is 0 Å². The van der Waals surface area contributed by atoms with E-state index in [1.165, 1.54) is 0 Å². The molecule has 4 N–H and O–H groups in total. The monoisotopic (exact) mass is 312 g/mol. The lowest BCUT2D eigenvalue weighted by Crippen LogP contribution is -3.00. The Labute approximate surface area is 128 Å². The van der Waals surface area contributed by atoms with Crippen molar-refractivity contribution >= 4 is 51.3 Å². The molecule has 1 aromatic heterocycles. The third kappa shape index (κ3) is 3.99. The van der Waals surface area contributed by atoms with Gasteiger partial charge in [0.05, 0.1) is 0 Å². The van der Waals surface area contributed by atoms with Crippen LogP contribution in [0.1, 0.15) is 0 Å². The van der Waals surface area contributed by atoms with Gasteiger partial charge in [-0.05, 0) is 42.6 Å². The van der Waals surface area contributed by atoms with Gasteiger partial charge in [0.1, 0.15) is 7.05 Å².